The standard InChI is InChI=1S/C8H17FO/c1-6(2)8(4-5-9)7(3)10/h6-8,10H,4-5H2,1-3H3. The molecule has 2 unspecified atom stereocenters. The predicted octanol–water partition coefficient (Wildman–Crippen LogP) is 2.00. The molecule has 0 saturated carbocycles. The van der Waals surface area contributed by atoms with Gasteiger partial charge in [-0.25, -0.2) is 0 Å². The molecule has 0 aromatic carbocycles. The zero-order valence-electron chi connectivity index (χ0n) is 6.97. The Labute approximate surface area is 62.3 Å². The van der Waals surface area contributed by atoms with E-state index in [1.165, 1.54) is 0 Å². The second-order valence-corrected chi connectivity index (χ2v) is 3.13. The lowest BCUT2D eigenvalue weighted by Gasteiger charge is -2.21. The van der Waals surface area contributed by atoms with Crippen molar-refractivity contribution < 1.29 is 9.50 Å². The molecule has 0 fully saturated rings. The van der Waals surface area contributed by atoms with Crippen LogP contribution in [0.2, 0.25) is 0 Å². The van der Waals surface area contributed by atoms with Crippen molar-refractivity contribution in [2.24, 2.45) is 11.8 Å². The molecule has 0 aromatic rings. The van der Waals surface area contributed by atoms with Crippen molar-refractivity contribution in [3.63, 3.8) is 0 Å². The largest absolute Gasteiger partial charge is 0.393 e. The quantitative estimate of drug-likeness (QED) is 0.646. The molecule has 0 aliphatic rings. The molecule has 0 radical (unpaired) electrons. The van der Waals surface area contributed by atoms with Crippen molar-refractivity contribution in [1.82, 2.24) is 0 Å². The van der Waals surface area contributed by atoms with Crippen LogP contribution in [0.15, 0.2) is 0 Å². The number of halogens is 1. The monoisotopic (exact) mass is 148 g/mol. The fourth-order valence-electron chi connectivity index (χ4n) is 1.26. The Morgan fingerprint density at radius 3 is 1.90 bits per heavy atom. The Hall–Kier alpha value is -0.110. The van der Waals surface area contributed by atoms with E-state index < -0.39 is 0 Å². The number of hydrogen-bond acceptors (Lipinski definition) is 1. The zero-order valence-corrected chi connectivity index (χ0v) is 6.97. The zero-order chi connectivity index (χ0) is 8.15. The first-order valence-electron chi connectivity index (χ1n) is 3.83. The van der Waals surface area contributed by atoms with Crippen molar-refractivity contribution in [3.8, 4) is 0 Å². The van der Waals surface area contributed by atoms with Crippen LogP contribution in [0.4, 0.5) is 4.39 Å². The van der Waals surface area contributed by atoms with E-state index in [2.05, 4.69) is 0 Å². The van der Waals surface area contributed by atoms with E-state index in [0.29, 0.717) is 12.3 Å². The first-order valence-corrected chi connectivity index (χ1v) is 3.83. The molecule has 2 heteroatoms. The molecule has 0 amide bonds. The Balaban J connectivity index is 3.73. The van der Waals surface area contributed by atoms with Gasteiger partial charge in [0.25, 0.3) is 0 Å². The molecule has 0 saturated heterocycles. The lowest BCUT2D eigenvalue weighted by Crippen LogP contribution is -2.22. The summed E-state index contributed by atoms with van der Waals surface area (Å²) >= 11 is 0. The summed E-state index contributed by atoms with van der Waals surface area (Å²) in [6.45, 7) is 5.41. The van der Waals surface area contributed by atoms with Gasteiger partial charge in [0.05, 0.1) is 12.8 Å². The van der Waals surface area contributed by atoms with E-state index in [0.717, 1.165) is 0 Å². The van der Waals surface area contributed by atoms with Crippen LogP contribution < -0.4 is 0 Å². The van der Waals surface area contributed by atoms with Gasteiger partial charge in [-0.15, -0.1) is 0 Å². The maximum atomic E-state index is 11.9. The second kappa shape index (κ2) is 4.67. The van der Waals surface area contributed by atoms with Crippen molar-refractivity contribution in [2.45, 2.75) is 33.3 Å². The molecule has 0 aliphatic heterocycles. The van der Waals surface area contributed by atoms with Crippen molar-refractivity contribution in [1.29, 1.82) is 0 Å². The molecular weight excluding hydrogens is 131 g/mol. The van der Waals surface area contributed by atoms with Gasteiger partial charge in [0.2, 0.25) is 0 Å². The molecule has 0 bridgehead atoms. The first-order chi connectivity index (χ1) is 4.59. The van der Waals surface area contributed by atoms with Crippen molar-refractivity contribution in [3.05, 3.63) is 0 Å². The van der Waals surface area contributed by atoms with Crippen LogP contribution in [-0.2, 0) is 0 Å². The number of aliphatic hydroxyl groups excluding tert-OH is 1. The minimum absolute atomic E-state index is 0.116. The summed E-state index contributed by atoms with van der Waals surface area (Å²) in [4.78, 5) is 0. The summed E-state index contributed by atoms with van der Waals surface area (Å²) in [6, 6.07) is 0. The molecule has 0 aromatic heterocycles. The van der Waals surface area contributed by atoms with Crippen molar-refractivity contribution >= 4 is 0 Å². The van der Waals surface area contributed by atoms with E-state index in [-0.39, 0.29) is 18.7 Å². The predicted molar refractivity (Wildman–Crippen MR) is 40.6 cm³/mol. The number of alkyl halides is 1. The normalized spacial score (nSPS) is 17.4. The van der Waals surface area contributed by atoms with Gasteiger partial charge >= 0.3 is 0 Å². The van der Waals surface area contributed by atoms with E-state index >= 15 is 0 Å². The third-order valence-electron chi connectivity index (χ3n) is 1.92. The van der Waals surface area contributed by atoms with E-state index in [9.17, 15) is 4.39 Å². The van der Waals surface area contributed by atoms with Gasteiger partial charge in [-0.3, -0.25) is 4.39 Å². The first kappa shape index (κ1) is 9.89. The summed E-state index contributed by atoms with van der Waals surface area (Å²) in [6.07, 6.45) is 0.103. The molecule has 62 valence electrons. The van der Waals surface area contributed by atoms with Crippen LogP contribution in [0.25, 0.3) is 0 Å². The summed E-state index contributed by atoms with van der Waals surface area (Å²) in [7, 11) is 0. The number of aliphatic hydroxyl groups is 1. The van der Waals surface area contributed by atoms with Crippen LogP contribution in [0.5, 0.6) is 0 Å². The highest BCUT2D eigenvalue weighted by Gasteiger charge is 2.17. The summed E-state index contributed by atoms with van der Waals surface area (Å²) in [5.41, 5.74) is 0. The molecule has 0 rings (SSSR count). The van der Waals surface area contributed by atoms with Crippen LogP contribution in [0.1, 0.15) is 27.2 Å². The molecule has 0 heterocycles. The lowest BCUT2D eigenvalue weighted by molar-refractivity contribution is 0.0869. The van der Waals surface area contributed by atoms with Crippen molar-refractivity contribution in [2.75, 3.05) is 6.67 Å². The molecule has 1 nitrogen and oxygen atoms in total. The van der Waals surface area contributed by atoms with Gasteiger partial charge in [-0.1, -0.05) is 13.8 Å². The Morgan fingerprint density at radius 1 is 1.30 bits per heavy atom. The topological polar surface area (TPSA) is 20.2 Å². The van der Waals surface area contributed by atoms with E-state index in [1.54, 1.807) is 6.92 Å². The highest BCUT2D eigenvalue weighted by Crippen LogP contribution is 2.18. The highest BCUT2D eigenvalue weighted by molar-refractivity contribution is 4.67. The van der Waals surface area contributed by atoms with E-state index in [1.807, 2.05) is 13.8 Å². The number of rotatable bonds is 4. The average molecular weight is 148 g/mol. The molecule has 0 aliphatic carbocycles. The summed E-state index contributed by atoms with van der Waals surface area (Å²) in [5, 5.41) is 9.15. The minimum Gasteiger partial charge on any atom is -0.393 e. The van der Waals surface area contributed by atoms with E-state index in [4.69, 9.17) is 5.11 Å². The SMILES string of the molecule is CC(C)C(CCF)C(C)O. The van der Waals surface area contributed by atoms with Crippen LogP contribution in [0.3, 0.4) is 0 Å². The molecule has 2 atom stereocenters. The second-order valence-electron chi connectivity index (χ2n) is 3.13. The molecule has 10 heavy (non-hydrogen) atoms. The third-order valence-corrected chi connectivity index (χ3v) is 1.92. The smallest absolute Gasteiger partial charge is 0.0898 e. The Bertz CT molecular complexity index is 73.3. The van der Waals surface area contributed by atoms with Gasteiger partial charge in [-0.2, -0.15) is 0 Å². The van der Waals surface area contributed by atoms with Gasteiger partial charge in [0, 0.05) is 0 Å². The molecule has 1 N–H and O–H groups in total. The van der Waals surface area contributed by atoms with Crippen LogP contribution >= 0.6 is 0 Å². The molecular formula is C8H17FO. The fourth-order valence-corrected chi connectivity index (χ4v) is 1.26. The van der Waals surface area contributed by atoms with Gasteiger partial charge < -0.3 is 5.11 Å². The van der Waals surface area contributed by atoms with Crippen LogP contribution in [0, 0.1) is 11.8 Å². The fraction of sp³-hybridized carbons (Fsp3) is 1.00. The average Bonchev–Trinajstić information content (AvgIpc) is 1.81. The summed E-state index contributed by atoms with van der Waals surface area (Å²) < 4.78 is 11.9. The molecule has 0 spiro atoms. The maximum absolute atomic E-state index is 11.9. The van der Waals surface area contributed by atoms with Gasteiger partial charge in [0.1, 0.15) is 0 Å². The third kappa shape index (κ3) is 3.16. The summed E-state index contributed by atoms with van der Waals surface area (Å²) in [5.74, 6) is 0.487. The lowest BCUT2D eigenvalue weighted by atomic mass is 9.89. The maximum Gasteiger partial charge on any atom is 0.0898 e. The van der Waals surface area contributed by atoms with Gasteiger partial charge in [-0.05, 0) is 25.2 Å². The Kier molecular flexibility index (Phi) is 4.62. The van der Waals surface area contributed by atoms with Crippen LogP contribution in [-0.4, -0.2) is 17.9 Å². The minimum atomic E-state index is -0.379. The Morgan fingerprint density at radius 2 is 1.80 bits per heavy atom. The highest BCUT2D eigenvalue weighted by atomic mass is 19.1. The number of hydrogen-bond donors (Lipinski definition) is 1. The van der Waals surface area contributed by atoms with Gasteiger partial charge in [0.15, 0.2) is 0 Å².